The first-order valence-electron chi connectivity index (χ1n) is 6.41. The van der Waals surface area contributed by atoms with E-state index in [1.807, 2.05) is 13.0 Å². The Labute approximate surface area is 110 Å². The quantitative estimate of drug-likeness (QED) is 0.834. The van der Waals surface area contributed by atoms with Gasteiger partial charge in [-0.2, -0.15) is 0 Å². The fourth-order valence-electron chi connectivity index (χ4n) is 2.25. The van der Waals surface area contributed by atoms with Crippen LogP contribution in [0.15, 0.2) is 22.6 Å². The van der Waals surface area contributed by atoms with Gasteiger partial charge in [0.1, 0.15) is 5.82 Å². The second-order valence-electron chi connectivity index (χ2n) is 4.82. The monoisotopic (exact) mass is 262 g/mol. The number of hydrogen-bond acceptors (Lipinski definition) is 4. The minimum absolute atomic E-state index is 0.225. The molecule has 0 radical (unpaired) electrons. The van der Waals surface area contributed by atoms with E-state index in [0.29, 0.717) is 24.7 Å². The Morgan fingerprint density at radius 2 is 2.00 bits per heavy atom. The Morgan fingerprint density at radius 3 is 2.74 bits per heavy atom. The molecular formula is C14H15FN2O2. The minimum Gasteiger partial charge on any atom is -0.420 e. The van der Waals surface area contributed by atoms with Gasteiger partial charge < -0.3 is 9.15 Å². The Bertz CT molecular complexity index is 577. The third-order valence-electron chi connectivity index (χ3n) is 3.37. The first-order chi connectivity index (χ1) is 9.24. The van der Waals surface area contributed by atoms with Crippen molar-refractivity contribution in [2.75, 3.05) is 13.2 Å². The molecule has 0 N–H and O–H groups in total. The van der Waals surface area contributed by atoms with Gasteiger partial charge in [-0.25, -0.2) is 4.39 Å². The van der Waals surface area contributed by atoms with Crippen LogP contribution in [0, 0.1) is 12.7 Å². The van der Waals surface area contributed by atoms with E-state index >= 15 is 0 Å². The Kier molecular flexibility index (Phi) is 3.29. The van der Waals surface area contributed by atoms with E-state index in [1.165, 1.54) is 6.07 Å². The zero-order valence-corrected chi connectivity index (χ0v) is 10.7. The smallest absolute Gasteiger partial charge is 0.250 e. The van der Waals surface area contributed by atoms with Crippen molar-refractivity contribution in [3.05, 3.63) is 35.5 Å². The summed E-state index contributed by atoms with van der Waals surface area (Å²) >= 11 is 0. The summed E-state index contributed by atoms with van der Waals surface area (Å²) in [6, 6.07) is 4.97. The molecule has 4 nitrogen and oxygen atoms in total. The van der Waals surface area contributed by atoms with Crippen molar-refractivity contribution < 1.29 is 13.5 Å². The Balaban J connectivity index is 1.87. The van der Waals surface area contributed by atoms with E-state index in [4.69, 9.17) is 9.15 Å². The van der Waals surface area contributed by atoms with E-state index in [9.17, 15) is 4.39 Å². The highest BCUT2D eigenvalue weighted by molar-refractivity contribution is 5.54. The number of halogens is 1. The first-order valence-corrected chi connectivity index (χ1v) is 6.41. The third kappa shape index (κ3) is 2.51. The fraction of sp³-hybridized carbons (Fsp3) is 0.429. The van der Waals surface area contributed by atoms with Crippen molar-refractivity contribution in [1.82, 2.24) is 10.2 Å². The van der Waals surface area contributed by atoms with Gasteiger partial charge in [0.05, 0.1) is 5.56 Å². The molecule has 1 aliphatic rings. The predicted octanol–water partition coefficient (Wildman–Crippen LogP) is 3.08. The lowest BCUT2D eigenvalue weighted by atomic mass is 10.0. The summed E-state index contributed by atoms with van der Waals surface area (Å²) in [7, 11) is 0. The van der Waals surface area contributed by atoms with Gasteiger partial charge >= 0.3 is 0 Å². The van der Waals surface area contributed by atoms with Crippen LogP contribution in [0.3, 0.4) is 0 Å². The van der Waals surface area contributed by atoms with Crippen LogP contribution >= 0.6 is 0 Å². The number of hydrogen-bond donors (Lipinski definition) is 0. The highest BCUT2D eigenvalue weighted by Crippen LogP contribution is 2.29. The van der Waals surface area contributed by atoms with Crippen molar-refractivity contribution in [1.29, 1.82) is 0 Å². The number of aromatic nitrogens is 2. The molecule has 0 unspecified atom stereocenters. The summed E-state index contributed by atoms with van der Waals surface area (Å²) < 4.78 is 24.7. The van der Waals surface area contributed by atoms with Gasteiger partial charge in [0, 0.05) is 19.1 Å². The zero-order valence-electron chi connectivity index (χ0n) is 10.7. The van der Waals surface area contributed by atoms with Crippen molar-refractivity contribution >= 4 is 0 Å². The van der Waals surface area contributed by atoms with E-state index < -0.39 is 0 Å². The topological polar surface area (TPSA) is 48.2 Å². The maximum Gasteiger partial charge on any atom is 0.250 e. The van der Waals surface area contributed by atoms with Crippen LogP contribution < -0.4 is 0 Å². The van der Waals surface area contributed by atoms with Crippen LogP contribution in [0.2, 0.25) is 0 Å². The van der Waals surface area contributed by atoms with Crippen LogP contribution in [-0.2, 0) is 4.74 Å². The molecule has 3 rings (SSSR count). The van der Waals surface area contributed by atoms with E-state index in [0.717, 1.165) is 18.4 Å². The van der Waals surface area contributed by atoms with Crippen molar-refractivity contribution in [2.24, 2.45) is 0 Å². The molecule has 0 bridgehead atoms. The highest BCUT2D eigenvalue weighted by Gasteiger charge is 2.22. The Hall–Kier alpha value is -1.75. The molecule has 1 aliphatic heterocycles. The fourth-order valence-corrected chi connectivity index (χ4v) is 2.25. The van der Waals surface area contributed by atoms with Crippen molar-refractivity contribution in [2.45, 2.75) is 25.7 Å². The molecule has 1 saturated heterocycles. The number of nitrogens with zero attached hydrogens (tertiary/aromatic N) is 2. The third-order valence-corrected chi connectivity index (χ3v) is 3.37. The predicted molar refractivity (Wildman–Crippen MR) is 67.2 cm³/mol. The van der Waals surface area contributed by atoms with Gasteiger partial charge in [0.25, 0.3) is 5.89 Å². The normalized spacial score (nSPS) is 16.7. The Morgan fingerprint density at radius 1 is 1.21 bits per heavy atom. The maximum absolute atomic E-state index is 13.8. The minimum atomic E-state index is -0.331. The number of aryl methyl sites for hydroxylation is 1. The number of benzene rings is 1. The summed E-state index contributed by atoms with van der Waals surface area (Å²) in [5.41, 5.74) is 1.22. The average Bonchev–Trinajstić information content (AvgIpc) is 2.89. The van der Waals surface area contributed by atoms with Crippen LogP contribution in [-0.4, -0.2) is 23.4 Å². The maximum atomic E-state index is 13.8. The molecule has 5 heteroatoms. The summed E-state index contributed by atoms with van der Waals surface area (Å²) in [6.07, 6.45) is 1.75. The molecule has 1 aromatic carbocycles. The van der Waals surface area contributed by atoms with Gasteiger partial charge in [-0.15, -0.1) is 10.2 Å². The van der Waals surface area contributed by atoms with E-state index in [2.05, 4.69) is 10.2 Å². The lowest BCUT2D eigenvalue weighted by Gasteiger charge is -2.18. The van der Waals surface area contributed by atoms with Gasteiger partial charge in [0.15, 0.2) is 0 Å². The van der Waals surface area contributed by atoms with Crippen molar-refractivity contribution in [3.63, 3.8) is 0 Å². The van der Waals surface area contributed by atoms with Crippen LogP contribution in [0.4, 0.5) is 4.39 Å². The number of ether oxygens (including phenoxy) is 1. The summed E-state index contributed by atoms with van der Waals surface area (Å²) in [6.45, 7) is 3.26. The average molecular weight is 262 g/mol. The molecule has 0 amide bonds. The number of rotatable bonds is 2. The zero-order chi connectivity index (χ0) is 13.2. The van der Waals surface area contributed by atoms with Gasteiger partial charge in [0.2, 0.25) is 5.89 Å². The molecule has 2 heterocycles. The summed E-state index contributed by atoms with van der Waals surface area (Å²) in [5.74, 6) is 0.725. The van der Waals surface area contributed by atoms with Crippen LogP contribution in [0.25, 0.3) is 11.5 Å². The lowest BCUT2D eigenvalue weighted by Crippen LogP contribution is -2.14. The van der Waals surface area contributed by atoms with Gasteiger partial charge in [-0.05, 0) is 37.5 Å². The molecule has 0 aliphatic carbocycles. The lowest BCUT2D eigenvalue weighted by molar-refractivity contribution is 0.0795. The van der Waals surface area contributed by atoms with Crippen LogP contribution in [0.5, 0.6) is 0 Å². The first kappa shape index (κ1) is 12.3. The van der Waals surface area contributed by atoms with E-state index in [-0.39, 0.29) is 17.6 Å². The molecule has 100 valence electrons. The second kappa shape index (κ2) is 5.09. The molecule has 1 aromatic heterocycles. The molecule has 1 fully saturated rings. The standard InChI is InChI=1S/C14H15FN2O2/c1-9-2-3-11(12(15)8-9)14-17-16-13(19-14)10-4-6-18-7-5-10/h2-3,8,10H,4-7H2,1H3. The van der Waals surface area contributed by atoms with Gasteiger partial charge in [-0.3, -0.25) is 0 Å². The SMILES string of the molecule is Cc1ccc(-c2nnc(C3CCOCC3)o2)c(F)c1. The van der Waals surface area contributed by atoms with Crippen LogP contribution in [0.1, 0.15) is 30.2 Å². The van der Waals surface area contributed by atoms with Gasteiger partial charge in [-0.1, -0.05) is 6.07 Å². The molecule has 0 spiro atoms. The second-order valence-corrected chi connectivity index (χ2v) is 4.82. The van der Waals surface area contributed by atoms with E-state index in [1.54, 1.807) is 6.07 Å². The summed E-state index contributed by atoms with van der Waals surface area (Å²) in [5, 5.41) is 8.00. The molecule has 0 saturated carbocycles. The molecule has 0 atom stereocenters. The molecular weight excluding hydrogens is 247 g/mol. The largest absolute Gasteiger partial charge is 0.420 e. The van der Waals surface area contributed by atoms with Crippen molar-refractivity contribution in [3.8, 4) is 11.5 Å². The summed E-state index contributed by atoms with van der Waals surface area (Å²) in [4.78, 5) is 0. The highest BCUT2D eigenvalue weighted by atomic mass is 19.1. The molecule has 2 aromatic rings. The molecule has 19 heavy (non-hydrogen) atoms.